The predicted octanol–water partition coefficient (Wildman–Crippen LogP) is 0.679. The van der Waals surface area contributed by atoms with E-state index in [9.17, 15) is 9.90 Å². The molecule has 1 saturated heterocycles. The summed E-state index contributed by atoms with van der Waals surface area (Å²) in [5.74, 6) is 0.913. The monoisotopic (exact) mass is 342 g/mol. The fourth-order valence-corrected chi connectivity index (χ4v) is 3.15. The van der Waals surface area contributed by atoms with E-state index in [0.29, 0.717) is 30.4 Å². The van der Waals surface area contributed by atoms with Crippen molar-refractivity contribution in [3.8, 4) is 0 Å². The number of β-amino-alcohol motifs (C(OH)–C–C–N with tert-alkyl or cyclic N) is 1. The normalized spacial score (nSPS) is 20.4. The molecule has 0 aliphatic carbocycles. The Morgan fingerprint density at radius 3 is 2.80 bits per heavy atom. The van der Waals surface area contributed by atoms with Crippen molar-refractivity contribution in [2.45, 2.75) is 25.4 Å². The molecule has 0 radical (unpaired) electrons. The van der Waals surface area contributed by atoms with Crippen LogP contribution in [0.4, 0.5) is 5.95 Å². The van der Waals surface area contributed by atoms with Gasteiger partial charge in [0.25, 0.3) is 5.91 Å². The molecule has 8 nitrogen and oxygen atoms in total. The molecular formula is C17H22N6O2. The summed E-state index contributed by atoms with van der Waals surface area (Å²) >= 11 is 0. The van der Waals surface area contributed by atoms with E-state index in [2.05, 4.69) is 19.9 Å². The highest BCUT2D eigenvalue weighted by Gasteiger charge is 2.36. The standard InChI is InChI=1S/C17H22N6O2/c1-13-18-9-5-14(21-13)15(24)22(2)11-17(25)6-3-10-23(12-17)16-19-7-4-8-20-16/h4-5,7-9,25H,3,6,10-12H2,1-2H3/t17-/m0/s1. The van der Waals surface area contributed by atoms with Crippen molar-refractivity contribution in [2.75, 3.05) is 31.6 Å². The van der Waals surface area contributed by atoms with Gasteiger partial charge in [-0.2, -0.15) is 0 Å². The van der Waals surface area contributed by atoms with Crippen LogP contribution in [0.1, 0.15) is 29.2 Å². The molecule has 2 aromatic heterocycles. The number of amides is 1. The minimum atomic E-state index is -1.01. The zero-order chi connectivity index (χ0) is 17.9. The maximum Gasteiger partial charge on any atom is 0.272 e. The number of hydrogen-bond acceptors (Lipinski definition) is 7. The van der Waals surface area contributed by atoms with Crippen molar-refractivity contribution in [2.24, 2.45) is 0 Å². The molecule has 2 aromatic rings. The summed E-state index contributed by atoms with van der Waals surface area (Å²) in [5.41, 5.74) is -0.679. The molecule has 1 aliphatic heterocycles. The number of likely N-dealkylation sites (N-methyl/N-ethyl adjacent to an activating group) is 1. The molecule has 132 valence electrons. The highest BCUT2D eigenvalue weighted by atomic mass is 16.3. The minimum Gasteiger partial charge on any atom is -0.386 e. The van der Waals surface area contributed by atoms with Crippen LogP contribution in [0.3, 0.4) is 0 Å². The van der Waals surface area contributed by atoms with E-state index in [0.717, 1.165) is 13.0 Å². The van der Waals surface area contributed by atoms with E-state index >= 15 is 0 Å². The van der Waals surface area contributed by atoms with Gasteiger partial charge in [-0.1, -0.05) is 0 Å². The van der Waals surface area contributed by atoms with Crippen molar-refractivity contribution in [3.05, 3.63) is 42.2 Å². The summed E-state index contributed by atoms with van der Waals surface area (Å²) in [6.45, 7) is 3.13. The highest BCUT2D eigenvalue weighted by molar-refractivity contribution is 5.92. The number of piperidine rings is 1. The first kappa shape index (κ1) is 17.2. The van der Waals surface area contributed by atoms with Crippen LogP contribution in [-0.2, 0) is 0 Å². The summed E-state index contributed by atoms with van der Waals surface area (Å²) in [6.07, 6.45) is 6.36. The Morgan fingerprint density at radius 1 is 1.32 bits per heavy atom. The third kappa shape index (κ3) is 4.08. The quantitative estimate of drug-likeness (QED) is 0.873. The van der Waals surface area contributed by atoms with Crippen LogP contribution in [-0.4, -0.2) is 68.1 Å². The molecule has 1 N–H and O–H groups in total. The van der Waals surface area contributed by atoms with Gasteiger partial charge in [0, 0.05) is 32.2 Å². The number of hydrogen-bond donors (Lipinski definition) is 1. The Bertz CT molecular complexity index is 741. The van der Waals surface area contributed by atoms with Crippen molar-refractivity contribution in [3.63, 3.8) is 0 Å². The van der Waals surface area contributed by atoms with Crippen molar-refractivity contribution in [1.82, 2.24) is 24.8 Å². The van der Waals surface area contributed by atoms with Crippen LogP contribution in [0.2, 0.25) is 0 Å². The van der Waals surface area contributed by atoms with Gasteiger partial charge in [-0.05, 0) is 31.9 Å². The first-order chi connectivity index (χ1) is 12.0. The largest absolute Gasteiger partial charge is 0.386 e. The Kier molecular flexibility index (Phi) is 4.89. The Morgan fingerprint density at radius 2 is 2.08 bits per heavy atom. The number of nitrogens with zero attached hydrogens (tertiary/aromatic N) is 6. The third-order valence-corrected chi connectivity index (χ3v) is 4.26. The molecule has 1 amide bonds. The lowest BCUT2D eigenvalue weighted by atomic mass is 9.92. The topological polar surface area (TPSA) is 95.3 Å². The zero-order valence-corrected chi connectivity index (χ0v) is 14.5. The number of carbonyl (C=O) groups excluding carboxylic acids is 1. The second-order valence-corrected chi connectivity index (χ2v) is 6.45. The average molecular weight is 342 g/mol. The van der Waals surface area contributed by atoms with Gasteiger partial charge in [0.05, 0.1) is 18.7 Å². The average Bonchev–Trinajstić information content (AvgIpc) is 2.61. The van der Waals surface area contributed by atoms with Gasteiger partial charge >= 0.3 is 0 Å². The first-order valence-electron chi connectivity index (χ1n) is 8.26. The van der Waals surface area contributed by atoms with E-state index in [-0.39, 0.29) is 12.5 Å². The van der Waals surface area contributed by atoms with Crippen LogP contribution < -0.4 is 4.90 Å². The number of aryl methyl sites for hydroxylation is 1. The number of aliphatic hydroxyl groups is 1. The number of aromatic nitrogens is 4. The molecule has 8 heteroatoms. The second-order valence-electron chi connectivity index (χ2n) is 6.45. The molecule has 0 spiro atoms. The lowest BCUT2D eigenvalue weighted by Crippen LogP contribution is -2.55. The van der Waals surface area contributed by atoms with Crippen LogP contribution in [0.5, 0.6) is 0 Å². The second kappa shape index (κ2) is 7.10. The number of anilines is 1. The minimum absolute atomic E-state index is 0.220. The van der Waals surface area contributed by atoms with Gasteiger partial charge in [-0.15, -0.1) is 0 Å². The lowest BCUT2D eigenvalue weighted by molar-refractivity contribution is -0.000448. The summed E-state index contributed by atoms with van der Waals surface area (Å²) in [7, 11) is 1.68. The van der Waals surface area contributed by atoms with Crippen molar-refractivity contribution in [1.29, 1.82) is 0 Å². The molecule has 0 aromatic carbocycles. The van der Waals surface area contributed by atoms with Gasteiger partial charge < -0.3 is 14.9 Å². The molecule has 1 aliphatic rings. The van der Waals surface area contributed by atoms with Crippen LogP contribution >= 0.6 is 0 Å². The van der Waals surface area contributed by atoms with Crippen LogP contribution in [0, 0.1) is 6.92 Å². The molecule has 0 unspecified atom stereocenters. The third-order valence-electron chi connectivity index (χ3n) is 4.26. The Hall–Kier alpha value is -2.61. The number of rotatable bonds is 4. The molecule has 0 saturated carbocycles. The van der Waals surface area contributed by atoms with E-state index in [1.807, 2.05) is 4.90 Å². The maximum atomic E-state index is 12.6. The summed E-state index contributed by atoms with van der Waals surface area (Å²) in [5, 5.41) is 11.0. The molecule has 1 fully saturated rings. The molecule has 0 bridgehead atoms. The Balaban J connectivity index is 1.69. The lowest BCUT2D eigenvalue weighted by Gasteiger charge is -2.41. The fraction of sp³-hybridized carbons (Fsp3) is 0.471. The van der Waals surface area contributed by atoms with Crippen molar-refractivity contribution >= 4 is 11.9 Å². The van der Waals surface area contributed by atoms with Crippen LogP contribution in [0.15, 0.2) is 30.7 Å². The van der Waals surface area contributed by atoms with E-state index in [4.69, 9.17) is 0 Å². The SMILES string of the molecule is Cc1nccc(C(=O)N(C)C[C@@]2(O)CCCN(c3ncccn3)C2)n1. The van der Waals surface area contributed by atoms with E-state index in [1.165, 1.54) is 4.90 Å². The van der Waals surface area contributed by atoms with E-state index < -0.39 is 5.60 Å². The van der Waals surface area contributed by atoms with Gasteiger partial charge in [0.15, 0.2) is 0 Å². The predicted molar refractivity (Wildman–Crippen MR) is 92.2 cm³/mol. The van der Waals surface area contributed by atoms with Gasteiger partial charge in [-0.25, -0.2) is 19.9 Å². The van der Waals surface area contributed by atoms with Gasteiger partial charge in [-0.3, -0.25) is 4.79 Å². The zero-order valence-electron chi connectivity index (χ0n) is 14.5. The van der Waals surface area contributed by atoms with Crippen molar-refractivity contribution < 1.29 is 9.90 Å². The molecular weight excluding hydrogens is 320 g/mol. The van der Waals surface area contributed by atoms with Gasteiger partial charge in [0.2, 0.25) is 5.95 Å². The highest BCUT2D eigenvalue weighted by Crippen LogP contribution is 2.24. The number of carbonyl (C=O) groups is 1. The molecule has 3 rings (SSSR count). The smallest absolute Gasteiger partial charge is 0.272 e. The molecule has 1 atom stereocenters. The summed E-state index contributed by atoms with van der Waals surface area (Å²) in [4.78, 5) is 32.7. The van der Waals surface area contributed by atoms with Crippen LogP contribution in [0.25, 0.3) is 0 Å². The molecule has 3 heterocycles. The van der Waals surface area contributed by atoms with Gasteiger partial charge in [0.1, 0.15) is 11.5 Å². The fourth-order valence-electron chi connectivity index (χ4n) is 3.15. The van der Waals surface area contributed by atoms with E-state index in [1.54, 1.807) is 44.7 Å². The molecule has 25 heavy (non-hydrogen) atoms. The first-order valence-corrected chi connectivity index (χ1v) is 8.26. The maximum absolute atomic E-state index is 12.6. The summed E-state index contributed by atoms with van der Waals surface area (Å²) < 4.78 is 0. The Labute approximate surface area is 146 Å². The summed E-state index contributed by atoms with van der Waals surface area (Å²) in [6, 6.07) is 3.34.